The molecule has 23 heavy (non-hydrogen) atoms. The summed E-state index contributed by atoms with van der Waals surface area (Å²) in [6, 6.07) is 9.06. The molecule has 2 heterocycles. The zero-order valence-electron chi connectivity index (χ0n) is 14.3. The second-order valence-electron chi connectivity index (χ2n) is 6.92. The highest BCUT2D eigenvalue weighted by Crippen LogP contribution is 2.37. The van der Waals surface area contributed by atoms with Gasteiger partial charge in [0.2, 0.25) is 5.91 Å². The van der Waals surface area contributed by atoms with Gasteiger partial charge in [0.05, 0.1) is 5.41 Å². The Morgan fingerprint density at radius 2 is 1.78 bits per heavy atom. The predicted molar refractivity (Wildman–Crippen MR) is 91.6 cm³/mol. The number of piperidine rings is 1. The summed E-state index contributed by atoms with van der Waals surface area (Å²) in [4.78, 5) is 15.5. The normalized spacial score (nSPS) is 22.1. The minimum atomic E-state index is -0.390. The van der Waals surface area contributed by atoms with Gasteiger partial charge in [0.25, 0.3) is 0 Å². The molecule has 0 atom stereocenters. The van der Waals surface area contributed by atoms with Crippen LogP contribution in [0.5, 0.6) is 0 Å². The van der Waals surface area contributed by atoms with Crippen molar-refractivity contribution in [2.24, 2.45) is 0 Å². The van der Waals surface area contributed by atoms with Crippen LogP contribution >= 0.6 is 0 Å². The number of benzene rings is 1. The first-order chi connectivity index (χ1) is 11.2. The number of carbonyl (C=O) groups excluding carboxylic acids is 1. The van der Waals surface area contributed by atoms with E-state index in [1.807, 2.05) is 7.05 Å². The molecule has 4 heteroatoms. The molecule has 0 radical (unpaired) electrons. The summed E-state index contributed by atoms with van der Waals surface area (Å²) in [5.41, 5.74) is 2.00. The van der Waals surface area contributed by atoms with Gasteiger partial charge in [0.1, 0.15) is 0 Å². The molecule has 4 nitrogen and oxygen atoms in total. The fraction of sp³-hybridized carbons (Fsp3) is 0.632. The van der Waals surface area contributed by atoms with E-state index < -0.39 is 5.41 Å². The smallest absolute Gasteiger partial charge is 0.233 e. The van der Waals surface area contributed by atoms with E-state index in [0.717, 1.165) is 44.3 Å². The topological polar surface area (TPSA) is 41.6 Å². The molecule has 1 amide bonds. The molecule has 0 bridgehead atoms. The van der Waals surface area contributed by atoms with Gasteiger partial charge in [-0.1, -0.05) is 29.8 Å². The van der Waals surface area contributed by atoms with E-state index in [-0.39, 0.29) is 0 Å². The number of carbonyl (C=O) groups is 1. The van der Waals surface area contributed by atoms with Gasteiger partial charge in [-0.05, 0) is 45.2 Å². The molecule has 2 aliphatic rings. The van der Waals surface area contributed by atoms with Crippen molar-refractivity contribution >= 4 is 5.91 Å². The summed E-state index contributed by atoms with van der Waals surface area (Å²) in [5, 5.41) is 3.33. The summed E-state index contributed by atoms with van der Waals surface area (Å²) in [5.74, 6) is 0.305. The minimum Gasteiger partial charge on any atom is -0.381 e. The van der Waals surface area contributed by atoms with Crippen LogP contribution in [0, 0.1) is 6.92 Å². The molecule has 2 aliphatic heterocycles. The van der Waals surface area contributed by atoms with Crippen molar-refractivity contribution in [1.82, 2.24) is 10.2 Å². The van der Waals surface area contributed by atoms with Crippen LogP contribution in [0.25, 0.3) is 0 Å². The number of likely N-dealkylation sites (tertiary alicyclic amines) is 1. The number of rotatable bonds is 3. The quantitative estimate of drug-likeness (QED) is 0.930. The number of hydrogen-bond acceptors (Lipinski definition) is 3. The highest BCUT2D eigenvalue weighted by atomic mass is 16.5. The van der Waals surface area contributed by atoms with Crippen LogP contribution < -0.4 is 5.32 Å². The molecule has 2 saturated heterocycles. The lowest BCUT2D eigenvalue weighted by molar-refractivity contribution is -0.142. The Labute approximate surface area is 139 Å². The molecule has 1 N–H and O–H groups in total. The molecule has 0 aromatic heterocycles. The van der Waals surface area contributed by atoms with Crippen molar-refractivity contribution < 1.29 is 9.53 Å². The molecular formula is C19H28N2O2. The van der Waals surface area contributed by atoms with Crippen LogP contribution in [0.4, 0.5) is 0 Å². The Morgan fingerprint density at radius 1 is 1.17 bits per heavy atom. The van der Waals surface area contributed by atoms with E-state index in [9.17, 15) is 4.79 Å². The van der Waals surface area contributed by atoms with Crippen LogP contribution in [0.2, 0.25) is 0 Å². The first-order valence-electron chi connectivity index (χ1n) is 8.77. The van der Waals surface area contributed by atoms with Gasteiger partial charge >= 0.3 is 0 Å². The molecule has 126 valence electrons. The van der Waals surface area contributed by atoms with Crippen molar-refractivity contribution in [3.63, 3.8) is 0 Å². The standard InChI is InChI=1S/C19H28N2O2/c1-15-3-5-16(6-4-15)19(9-13-23-14-10-19)18(22)21-11-7-17(20-2)8-12-21/h3-6,17,20H,7-14H2,1-2H3. The van der Waals surface area contributed by atoms with Gasteiger partial charge in [-0.15, -0.1) is 0 Å². The lowest BCUT2D eigenvalue weighted by atomic mass is 9.72. The summed E-state index contributed by atoms with van der Waals surface area (Å²) in [6.45, 7) is 5.15. The Balaban J connectivity index is 1.84. The average Bonchev–Trinajstić information content (AvgIpc) is 2.62. The number of amides is 1. The van der Waals surface area contributed by atoms with Crippen LogP contribution in [-0.2, 0) is 14.9 Å². The second kappa shape index (κ2) is 7.02. The van der Waals surface area contributed by atoms with Crippen LogP contribution in [0.1, 0.15) is 36.8 Å². The van der Waals surface area contributed by atoms with Crippen LogP contribution in [0.3, 0.4) is 0 Å². The van der Waals surface area contributed by atoms with E-state index in [4.69, 9.17) is 4.74 Å². The average molecular weight is 316 g/mol. The van der Waals surface area contributed by atoms with Gasteiger partial charge in [-0.25, -0.2) is 0 Å². The van der Waals surface area contributed by atoms with Gasteiger partial charge < -0.3 is 15.0 Å². The van der Waals surface area contributed by atoms with Crippen LogP contribution in [-0.4, -0.2) is 50.2 Å². The van der Waals surface area contributed by atoms with E-state index in [0.29, 0.717) is 25.2 Å². The summed E-state index contributed by atoms with van der Waals surface area (Å²) < 4.78 is 5.56. The Kier molecular flexibility index (Phi) is 5.02. The van der Waals surface area contributed by atoms with E-state index >= 15 is 0 Å². The third kappa shape index (κ3) is 3.29. The van der Waals surface area contributed by atoms with Gasteiger partial charge in [-0.3, -0.25) is 4.79 Å². The largest absolute Gasteiger partial charge is 0.381 e. The van der Waals surface area contributed by atoms with Crippen LogP contribution in [0.15, 0.2) is 24.3 Å². The molecule has 0 unspecified atom stereocenters. The lowest BCUT2D eigenvalue weighted by Gasteiger charge is -2.42. The molecule has 3 rings (SSSR count). The molecule has 0 aliphatic carbocycles. The number of nitrogens with zero attached hydrogens (tertiary/aromatic N) is 1. The SMILES string of the molecule is CNC1CCN(C(=O)C2(c3ccc(C)cc3)CCOCC2)CC1. The Morgan fingerprint density at radius 3 is 2.35 bits per heavy atom. The van der Waals surface area contributed by atoms with Gasteiger partial charge in [-0.2, -0.15) is 0 Å². The summed E-state index contributed by atoms with van der Waals surface area (Å²) in [6.07, 6.45) is 3.67. The number of nitrogens with one attached hydrogen (secondary N) is 1. The maximum Gasteiger partial charge on any atom is 0.233 e. The Hall–Kier alpha value is -1.39. The van der Waals surface area contributed by atoms with Gasteiger partial charge in [0, 0.05) is 32.3 Å². The number of hydrogen-bond donors (Lipinski definition) is 1. The predicted octanol–water partition coefficient (Wildman–Crippen LogP) is 2.25. The molecule has 2 fully saturated rings. The van der Waals surface area contributed by atoms with Crippen molar-refractivity contribution in [3.8, 4) is 0 Å². The molecular weight excluding hydrogens is 288 g/mol. The lowest BCUT2D eigenvalue weighted by Crippen LogP contribution is -2.53. The zero-order valence-corrected chi connectivity index (χ0v) is 14.3. The maximum atomic E-state index is 13.4. The van der Waals surface area contributed by atoms with E-state index in [2.05, 4.69) is 41.4 Å². The van der Waals surface area contributed by atoms with Crippen molar-refractivity contribution in [2.75, 3.05) is 33.4 Å². The first kappa shape index (κ1) is 16.5. The second-order valence-corrected chi connectivity index (χ2v) is 6.92. The minimum absolute atomic E-state index is 0.305. The third-order valence-corrected chi connectivity index (χ3v) is 5.55. The molecule has 0 saturated carbocycles. The zero-order chi connectivity index (χ0) is 16.3. The highest BCUT2D eigenvalue weighted by Gasteiger charge is 2.44. The van der Waals surface area contributed by atoms with Crippen molar-refractivity contribution in [2.45, 2.75) is 44.1 Å². The summed E-state index contributed by atoms with van der Waals surface area (Å²) >= 11 is 0. The number of aryl methyl sites for hydroxylation is 1. The van der Waals surface area contributed by atoms with E-state index in [1.165, 1.54) is 5.56 Å². The van der Waals surface area contributed by atoms with E-state index in [1.54, 1.807) is 0 Å². The highest BCUT2D eigenvalue weighted by molar-refractivity contribution is 5.88. The first-order valence-corrected chi connectivity index (χ1v) is 8.77. The Bertz CT molecular complexity index is 527. The number of ether oxygens (including phenoxy) is 1. The van der Waals surface area contributed by atoms with Gasteiger partial charge in [0.15, 0.2) is 0 Å². The molecule has 1 aromatic rings. The fourth-order valence-corrected chi connectivity index (χ4v) is 3.89. The molecule has 0 spiro atoms. The monoisotopic (exact) mass is 316 g/mol. The molecule has 1 aromatic carbocycles. The van der Waals surface area contributed by atoms with Crippen molar-refractivity contribution in [1.29, 1.82) is 0 Å². The summed E-state index contributed by atoms with van der Waals surface area (Å²) in [7, 11) is 2.01. The third-order valence-electron chi connectivity index (χ3n) is 5.55. The van der Waals surface area contributed by atoms with Crippen molar-refractivity contribution in [3.05, 3.63) is 35.4 Å². The fourth-order valence-electron chi connectivity index (χ4n) is 3.89. The maximum absolute atomic E-state index is 13.4.